The monoisotopic (exact) mass is 246 g/mol. The van der Waals surface area contributed by atoms with Gasteiger partial charge in [-0.15, -0.1) is 13.2 Å². The summed E-state index contributed by atoms with van der Waals surface area (Å²) in [6.45, 7) is 1.25. The average Bonchev–Trinajstić information content (AvgIpc) is 2.15. The van der Waals surface area contributed by atoms with Crippen LogP contribution in [0.3, 0.4) is 0 Å². The molecule has 0 aliphatic heterocycles. The molecule has 1 rings (SSSR count). The van der Waals surface area contributed by atoms with Gasteiger partial charge in [0.05, 0.1) is 0 Å². The Hall–Kier alpha value is -1.98. The lowest BCUT2D eigenvalue weighted by Crippen LogP contribution is -2.16. The number of ether oxygens (including phenoxy) is 1. The number of hydrogen-bond donors (Lipinski definition) is 1. The Morgan fingerprint density at radius 1 is 1.29 bits per heavy atom. The maximum absolute atomic E-state index is 11.8. The molecular formula is C11H9F3O3. The molecule has 0 aliphatic rings. The number of alkyl halides is 3. The summed E-state index contributed by atoms with van der Waals surface area (Å²) in [4.78, 5) is 10.7. The number of hydrogen-bond acceptors (Lipinski definition) is 3. The molecule has 0 bridgehead atoms. The second-order valence-electron chi connectivity index (χ2n) is 3.21. The van der Waals surface area contributed by atoms with E-state index in [1.165, 1.54) is 19.1 Å². The lowest BCUT2D eigenvalue weighted by Gasteiger charge is -2.08. The van der Waals surface area contributed by atoms with Gasteiger partial charge in [0.15, 0.2) is 5.78 Å². The molecule has 3 nitrogen and oxygen atoms in total. The highest BCUT2D eigenvalue weighted by Crippen LogP contribution is 2.24. The molecule has 6 heteroatoms. The van der Waals surface area contributed by atoms with Crippen LogP contribution in [0, 0.1) is 0 Å². The summed E-state index contributed by atoms with van der Waals surface area (Å²) in [5, 5.41) is 9.39. The summed E-state index contributed by atoms with van der Waals surface area (Å²) in [5.74, 6) is -1.06. The fourth-order valence-electron chi connectivity index (χ4n) is 1.10. The van der Waals surface area contributed by atoms with Crippen molar-refractivity contribution in [2.24, 2.45) is 0 Å². The standard InChI is InChI=1S/C11H9F3O3/c1-7(15)6-10(16)8-2-4-9(5-3-8)17-11(12,13)14/h2-6,16H,1H3. The maximum atomic E-state index is 11.8. The van der Waals surface area contributed by atoms with Crippen LogP contribution >= 0.6 is 0 Å². The zero-order valence-corrected chi connectivity index (χ0v) is 8.78. The van der Waals surface area contributed by atoms with E-state index in [2.05, 4.69) is 4.74 Å². The van der Waals surface area contributed by atoms with E-state index in [0.717, 1.165) is 18.2 Å². The normalized spacial score (nSPS) is 12.4. The SMILES string of the molecule is CC(=O)C=C(O)c1ccc(OC(F)(F)F)cc1. The van der Waals surface area contributed by atoms with Crippen LogP contribution in [0.4, 0.5) is 13.2 Å². The predicted octanol–water partition coefficient (Wildman–Crippen LogP) is 3.07. The van der Waals surface area contributed by atoms with Crippen molar-refractivity contribution in [3.63, 3.8) is 0 Å². The summed E-state index contributed by atoms with van der Waals surface area (Å²) in [5.41, 5.74) is 0.231. The van der Waals surface area contributed by atoms with Gasteiger partial charge in [0.2, 0.25) is 0 Å². The van der Waals surface area contributed by atoms with Crippen molar-refractivity contribution < 1.29 is 27.8 Å². The number of aliphatic hydroxyl groups is 1. The number of allylic oxidation sites excluding steroid dienone is 1. The fourth-order valence-corrected chi connectivity index (χ4v) is 1.10. The third kappa shape index (κ3) is 4.58. The molecule has 0 amide bonds. The molecule has 1 N–H and O–H groups in total. The Kier molecular flexibility index (Phi) is 3.77. The topological polar surface area (TPSA) is 46.5 Å². The van der Waals surface area contributed by atoms with Crippen LogP contribution in [-0.2, 0) is 4.79 Å². The Bertz CT molecular complexity index is 432. The number of ketones is 1. The lowest BCUT2D eigenvalue weighted by molar-refractivity contribution is -0.274. The molecule has 0 aromatic heterocycles. The maximum Gasteiger partial charge on any atom is 0.573 e. The van der Waals surface area contributed by atoms with Gasteiger partial charge in [-0.05, 0) is 31.2 Å². The fraction of sp³-hybridized carbons (Fsp3) is 0.182. The minimum atomic E-state index is -4.75. The molecule has 0 radical (unpaired) electrons. The van der Waals surface area contributed by atoms with Crippen molar-refractivity contribution in [1.29, 1.82) is 0 Å². The predicted molar refractivity (Wildman–Crippen MR) is 54.4 cm³/mol. The van der Waals surface area contributed by atoms with Crippen LogP contribution in [0.25, 0.3) is 5.76 Å². The smallest absolute Gasteiger partial charge is 0.507 e. The largest absolute Gasteiger partial charge is 0.573 e. The molecule has 0 saturated heterocycles. The van der Waals surface area contributed by atoms with E-state index < -0.39 is 12.1 Å². The Morgan fingerprint density at radius 3 is 2.24 bits per heavy atom. The summed E-state index contributed by atoms with van der Waals surface area (Å²) in [6.07, 6.45) is -3.78. The molecule has 1 aromatic carbocycles. The first-order chi connectivity index (χ1) is 7.78. The molecule has 1 aromatic rings. The van der Waals surface area contributed by atoms with Crippen LogP contribution in [0.5, 0.6) is 5.75 Å². The third-order valence-electron chi connectivity index (χ3n) is 1.72. The molecule has 0 atom stereocenters. The molecule has 0 unspecified atom stereocenters. The van der Waals surface area contributed by atoms with Crippen LogP contribution in [0.2, 0.25) is 0 Å². The van der Waals surface area contributed by atoms with E-state index in [-0.39, 0.29) is 17.1 Å². The molecular weight excluding hydrogens is 237 g/mol. The third-order valence-corrected chi connectivity index (χ3v) is 1.72. The van der Waals surface area contributed by atoms with Gasteiger partial charge in [-0.2, -0.15) is 0 Å². The zero-order chi connectivity index (χ0) is 13.1. The van der Waals surface area contributed by atoms with E-state index in [1.54, 1.807) is 0 Å². The second-order valence-corrected chi connectivity index (χ2v) is 3.21. The van der Waals surface area contributed by atoms with Crippen LogP contribution in [0.1, 0.15) is 12.5 Å². The van der Waals surface area contributed by atoms with E-state index in [4.69, 9.17) is 0 Å². The van der Waals surface area contributed by atoms with Gasteiger partial charge in [0.25, 0.3) is 0 Å². The van der Waals surface area contributed by atoms with Crippen molar-refractivity contribution in [2.75, 3.05) is 0 Å². The number of rotatable bonds is 3. The van der Waals surface area contributed by atoms with Crippen LogP contribution in [0.15, 0.2) is 30.3 Å². The van der Waals surface area contributed by atoms with E-state index in [1.807, 2.05) is 0 Å². The minimum Gasteiger partial charge on any atom is -0.507 e. The highest BCUT2D eigenvalue weighted by Gasteiger charge is 2.30. The summed E-state index contributed by atoms with van der Waals surface area (Å²) < 4.78 is 39.2. The van der Waals surface area contributed by atoms with Crippen LogP contribution < -0.4 is 4.74 Å². The van der Waals surface area contributed by atoms with Crippen LogP contribution in [-0.4, -0.2) is 17.3 Å². The van der Waals surface area contributed by atoms with Gasteiger partial charge >= 0.3 is 6.36 Å². The second kappa shape index (κ2) is 4.90. The molecule has 0 spiro atoms. The van der Waals surface area contributed by atoms with Crippen molar-refractivity contribution in [3.05, 3.63) is 35.9 Å². The van der Waals surface area contributed by atoms with Gasteiger partial charge in [-0.25, -0.2) is 0 Å². The molecule has 0 fully saturated rings. The lowest BCUT2D eigenvalue weighted by atomic mass is 10.1. The Balaban J connectivity index is 2.85. The summed E-state index contributed by atoms with van der Waals surface area (Å²) in [6, 6.07) is 4.53. The molecule has 0 heterocycles. The van der Waals surface area contributed by atoms with Gasteiger partial charge in [0.1, 0.15) is 11.5 Å². The first-order valence-corrected chi connectivity index (χ1v) is 4.55. The highest BCUT2D eigenvalue weighted by molar-refractivity contribution is 5.93. The number of benzene rings is 1. The first-order valence-electron chi connectivity index (χ1n) is 4.55. The average molecular weight is 246 g/mol. The van der Waals surface area contributed by atoms with Gasteiger partial charge < -0.3 is 9.84 Å². The van der Waals surface area contributed by atoms with Crippen molar-refractivity contribution in [1.82, 2.24) is 0 Å². The molecule has 17 heavy (non-hydrogen) atoms. The van der Waals surface area contributed by atoms with Gasteiger partial charge in [-0.1, -0.05) is 0 Å². The molecule has 92 valence electrons. The van der Waals surface area contributed by atoms with Crippen molar-refractivity contribution in [2.45, 2.75) is 13.3 Å². The molecule has 0 aliphatic carbocycles. The first kappa shape index (κ1) is 13.1. The zero-order valence-electron chi connectivity index (χ0n) is 8.78. The minimum absolute atomic E-state index is 0.231. The summed E-state index contributed by atoms with van der Waals surface area (Å²) in [7, 11) is 0. The van der Waals surface area contributed by atoms with Gasteiger partial charge in [0, 0.05) is 11.6 Å². The van der Waals surface area contributed by atoms with Crippen molar-refractivity contribution in [3.8, 4) is 5.75 Å². The Morgan fingerprint density at radius 2 is 1.82 bits per heavy atom. The highest BCUT2D eigenvalue weighted by atomic mass is 19.4. The Labute approximate surface area is 95.1 Å². The van der Waals surface area contributed by atoms with E-state index in [0.29, 0.717) is 0 Å². The quantitative estimate of drug-likeness (QED) is 0.658. The number of carbonyl (C=O) groups is 1. The number of carbonyl (C=O) groups excluding carboxylic acids is 1. The van der Waals surface area contributed by atoms with E-state index >= 15 is 0 Å². The van der Waals surface area contributed by atoms with Crippen molar-refractivity contribution >= 4 is 11.5 Å². The summed E-state index contributed by atoms with van der Waals surface area (Å²) >= 11 is 0. The van der Waals surface area contributed by atoms with Gasteiger partial charge in [-0.3, -0.25) is 4.79 Å². The number of aliphatic hydroxyl groups excluding tert-OH is 1. The van der Waals surface area contributed by atoms with E-state index in [9.17, 15) is 23.1 Å². The molecule has 0 saturated carbocycles. The number of halogens is 3.